The van der Waals surface area contributed by atoms with E-state index < -0.39 is 0 Å². The lowest BCUT2D eigenvalue weighted by molar-refractivity contribution is -0.118. The third kappa shape index (κ3) is 4.15. The standard InChI is InChI=1S/C13H19FN2O/c1-3-15-9-8-13(17)16(4-2)12-7-5-6-11(14)10-12/h5-7,10,15H,3-4,8-9H2,1-2H3. The number of benzene rings is 1. The molecule has 1 N–H and O–H groups in total. The second kappa shape index (κ2) is 7.01. The Morgan fingerprint density at radius 2 is 2.18 bits per heavy atom. The molecule has 0 saturated carbocycles. The van der Waals surface area contributed by atoms with Gasteiger partial charge in [-0.3, -0.25) is 4.79 Å². The number of rotatable bonds is 6. The Hall–Kier alpha value is -1.42. The van der Waals surface area contributed by atoms with Crippen LogP contribution in [-0.2, 0) is 4.79 Å². The Morgan fingerprint density at radius 1 is 1.41 bits per heavy atom. The van der Waals surface area contributed by atoms with Gasteiger partial charge >= 0.3 is 0 Å². The maximum Gasteiger partial charge on any atom is 0.228 e. The summed E-state index contributed by atoms with van der Waals surface area (Å²) in [6.07, 6.45) is 0.429. The van der Waals surface area contributed by atoms with E-state index in [1.165, 1.54) is 12.1 Å². The molecule has 1 aromatic rings. The van der Waals surface area contributed by atoms with E-state index in [-0.39, 0.29) is 11.7 Å². The van der Waals surface area contributed by atoms with E-state index in [0.717, 1.165) is 6.54 Å². The van der Waals surface area contributed by atoms with Crippen LogP contribution in [0.15, 0.2) is 24.3 Å². The normalized spacial score (nSPS) is 10.3. The number of anilines is 1. The van der Waals surface area contributed by atoms with E-state index in [1.807, 2.05) is 13.8 Å². The molecule has 0 aliphatic heterocycles. The van der Waals surface area contributed by atoms with Crippen LogP contribution in [0.2, 0.25) is 0 Å². The summed E-state index contributed by atoms with van der Waals surface area (Å²) < 4.78 is 13.1. The molecule has 0 bridgehead atoms. The predicted octanol–water partition coefficient (Wildman–Crippen LogP) is 2.18. The van der Waals surface area contributed by atoms with Crippen LogP contribution < -0.4 is 10.2 Å². The number of amides is 1. The van der Waals surface area contributed by atoms with Crippen LogP contribution in [-0.4, -0.2) is 25.5 Å². The molecular formula is C13H19FN2O. The average molecular weight is 238 g/mol. The SMILES string of the molecule is CCNCCC(=O)N(CC)c1cccc(F)c1. The van der Waals surface area contributed by atoms with E-state index in [9.17, 15) is 9.18 Å². The van der Waals surface area contributed by atoms with Gasteiger partial charge in [0.15, 0.2) is 0 Å². The van der Waals surface area contributed by atoms with Crippen LogP contribution in [0.25, 0.3) is 0 Å². The van der Waals surface area contributed by atoms with Crippen LogP contribution in [0.4, 0.5) is 10.1 Å². The highest BCUT2D eigenvalue weighted by molar-refractivity contribution is 5.93. The zero-order valence-corrected chi connectivity index (χ0v) is 10.4. The van der Waals surface area contributed by atoms with Crippen molar-refractivity contribution >= 4 is 11.6 Å². The molecule has 0 heterocycles. The van der Waals surface area contributed by atoms with Crippen molar-refractivity contribution in [2.24, 2.45) is 0 Å². The predicted molar refractivity (Wildman–Crippen MR) is 67.6 cm³/mol. The van der Waals surface area contributed by atoms with Crippen LogP contribution in [0.1, 0.15) is 20.3 Å². The Labute approximate surface area is 102 Å². The van der Waals surface area contributed by atoms with Gasteiger partial charge in [0.25, 0.3) is 0 Å². The maximum absolute atomic E-state index is 13.1. The zero-order chi connectivity index (χ0) is 12.7. The van der Waals surface area contributed by atoms with Crippen molar-refractivity contribution in [2.75, 3.05) is 24.5 Å². The summed E-state index contributed by atoms with van der Waals surface area (Å²) in [5.74, 6) is -0.306. The third-order valence-electron chi connectivity index (χ3n) is 2.50. The van der Waals surface area contributed by atoms with Gasteiger partial charge in [-0.2, -0.15) is 0 Å². The van der Waals surface area contributed by atoms with Gasteiger partial charge < -0.3 is 10.2 Å². The molecule has 3 nitrogen and oxygen atoms in total. The summed E-state index contributed by atoms with van der Waals surface area (Å²) in [5.41, 5.74) is 0.619. The minimum Gasteiger partial charge on any atom is -0.316 e. The van der Waals surface area contributed by atoms with Crippen LogP contribution in [0.3, 0.4) is 0 Å². The molecule has 0 radical (unpaired) electrons. The van der Waals surface area contributed by atoms with Crippen molar-refractivity contribution in [3.05, 3.63) is 30.1 Å². The fourth-order valence-corrected chi connectivity index (χ4v) is 1.65. The van der Waals surface area contributed by atoms with E-state index in [2.05, 4.69) is 5.32 Å². The zero-order valence-electron chi connectivity index (χ0n) is 10.4. The summed E-state index contributed by atoms with van der Waals surface area (Å²) >= 11 is 0. The van der Waals surface area contributed by atoms with Crippen molar-refractivity contribution in [2.45, 2.75) is 20.3 Å². The topological polar surface area (TPSA) is 32.3 Å². The average Bonchev–Trinajstić information content (AvgIpc) is 2.30. The molecule has 1 aromatic carbocycles. The van der Waals surface area contributed by atoms with Crippen molar-refractivity contribution in [1.82, 2.24) is 5.32 Å². The fraction of sp³-hybridized carbons (Fsp3) is 0.462. The van der Waals surface area contributed by atoms with Gasteiger partial charge in [0, 0.05) is 25.2 Å². The highest BCUT2D eigenvalue weighted by Crippen LogP contribution is 2.16. The number of nitrogens with zero attached hydrogens (tertiary/aromatic N) is 1. The van der Waals surface area contributed by atoms with Gasteiger partial charge in [0.2, 0.25) is 5.91 Å². The lowest BCUT2D eigenvalue weighted by atomic mass is 10.2. The minimum atomic E-state index is -0.319. The lowest BCUT2D eigenvalue weighted by Gasteiger charge is -2.21. The minimum absolute atomic E-state index is 0.0130. The molecule has 1 amide bonds. The molecule has 1 rings (SSSR count). The molecule has 0 atom stereocenters. The van der Waals surface area contributed by atoms with Crippen molar-refractivity contribution in [1.29, 1.82) is 0 Å². The lowest BCUT2D eigenvalue weighted by Crippen LogP contribution is -2.33. The van der Waals surface area contributed by atoms with Gasteiger partial charge in [-0.05, 0) is 31.7 Å². The summed E-state index contributed by atoms with van der Waals surface area (Å²) in [5, 5.41) is 3.10. The first kappa shape index (κ1) is 13.6. The molecule has 0 spiro atoms. The largest absolute Gasteiger partial charge is 0.316 e. The van der Waals surface area contributed by atoms with Crippen LogP contribution >= 0.6 is 0 Å². The monoisotopic (exact) mass is 238 g/mol. The summed E-state index contributed by atoms with van der Waals surface area (Å²) in [7, 11) is 0. The molecular weight excluding hydrogens is 219 g/mol. The van der Waals surface area contributed by atoms with Crippen molar-refractivity contribution in [3.8, 4) is 0 Å². The second-order valence-electron chi connectivity index (χ2n) is 3.72. The van der Waals surface area contributed by atoms with E-state index >= 15 is 0 Å². The Bertz CT molecular complexity index is 368. The first-order valence-electron chi connectivity index (χ1n) is 5.95. The van der Waals surface area contributed by atoms with Gasteiger partial charge in [0.1, 0.15) is 5.82 Å². The molecule has 0 saturated heterocycles. The highest BCUT2D eigenvalue weighted by atomic mass is 19.1. The summed E-state index contributed by atoms with van der Waals surface area (Å²) in [4.78, 5) is 13.5. The van der Waals surface area contributed by atoms with Gasteiger partial charge in [-0.1, -0.05) is 13.0 Å². The number of hydrogen-bond acceptors (Lipinski definition) is 2. The molecule has 0 unspecified atom stereocenters. The molecule has 4 heteroatoms. The number of carbonyl (C=O) groups excluding carboxylic acids is 1. The van der Waals surface area contributed by atoms with E-state index in [0.29, 0.717) is 25.2 Å². The van der Waals surface area contributed by atoms with E-state index in [4.69, 9.17) is 0 Å². The molecule has 0 aliphatic carbocycles. The van der Waals surface area contributed by atoms with E-state index in [1.54, 1.807) is 17.0 Å². The number of nitrogens with one attached hydrogen (secondary N) is 1. The van der Waals surface area contributed by atoms with Crippen molar-refractivity contribution in [3.63, 3.8) is 0 Å². The molecule has 0 fully saturated rings. The van der Waals surface area contributed by atoms with Gasteiger partial charge in [0.05, 0.1) is 0 Å². The maximum atomic E-state index is 13.1. The molecule has 0 aromatic heterocycles. The first-order chi connectivity index (χ1) is 8.19. The Balaban J connectivity index is 2.67. The smallest absolute Gasteiger partial charge is 0.228 e. The molecule has 17 heavy (non-hydrogen) atoms. The number of carbonyl (C=O) groups is 1. The number of halogens is 1. The second-order valence-corrected chi connectivity index (χ2v) is 3.72. The molecule has 94 valence electrons. The van der Waals surface area contributed by atoms with Crippen LogP contribution in [0, 0.1) is 5.82 Å². The summed E-state index contributed by atoms with van der Waals surface area (Å²) in [6.45, 7) is 5.93. The van der Waals surface area contributed by atoms with Gasteiger partial charge in [-0.25, -0.2) is 4.39 Å². The Kier molecular flexibility index (Phi) is 5.63. The highest BCUT2D eigenvalue weighted by Gasteiger charge is 2.13. The third-order valence-corrected chi connectivity index (χ3v) is 2.50. The summed E-state index contributed by atoms with van der Waals surface area (Å²) in [6, 6.07) is 6.12. The first-order valence-corrected chi connectivity index (χ1v) is 5.95. The number of hydrogen-bond donors (Lipinski definition) is 1. The molecule has 0 aliphatic rings. The quantitative estimate of drug-likeness (QED) is 0.770. The van der Waals surface area contributed by atoms with Crippen molar-refractivity contribution < 1.29 is 9.18 Å². The fourth-order valence-electron chi connectivity index (χ4n) is 1.65. The van der Waals surface area contributed by atoms with Crippen LogP contribution in [0.5, 0.6) is 0 Å². The Morgan fingerprint density at radius 3 is 2.76 bits per heavy atom. The van der Waals surface area contributed by atoms with Gasteiger partial charge in [-0.15, -0.1) is 0 Å².